The first-order valence-electron chi connectivity index (χ1n) is 10.8. The van der Waals surface area contributed by atoms with Crippen molar-refractivity contribution in [2.75, 3.05) is 26.8 Å². The number of fused-ring (bicyclic) bond motifs is 1. The van der Waals surface area contributed by atoms with Crippen molar-refractivity contribution in [2.45, 2.75) is 52.6 Å². The van der Waals surface area contributed by atoms with Gasteiger partial charge in [-0.3, -0.25) is 4.79 Å². The van der Waals surface area contributed by atoms with Crippen LogP contribution in [-0.2, 0) is 25.4 Å². The Bertz CT molecular complexity index is 832. The molecule has 1 aromatic carbocycles. The van der Waals surface area contributed by atoms with Crippen LogP contribution in [0.1, 0.15) is 56.0 Å². The number of ether oxygens (including phenoxy) is 5. The minimum Gasteiger partial charge on any atom is -0.466 e. The molecule has 7 nitrogen and oxygen atoms in total. The average molecular weight is 467 g/mol. The van der Waals surface area contributed by atoms with Crippen LogP contribution < -0.4 is 9.47 Å². The fourth-order valence-electron chi connectivity index (χ4n) is 2.98. The largest absolute Gasteiger partial charge is 0.466 e. The molecule has 1 aromatic rings. The van der Waals surface area contributed by atoms with Crippen molar-refractivity contribution in [3.05, 3.63) is 46.5 Å². The van der Waals surface area contributed by atoms with Gasteiger partial charge in [0.25, 0.3) is 0 Å². The number of esters is 1. The van der Waals surface area contributed by atoms with Gasteiger partial charge in [-0.05, 0) is 39.7 Å². The van der Waals surface area contributed by atoms with Gasteiger partial charge in [0.1, 0.15) is 23.2 Å². The Morgan fingerprint density at radius 1 is 1.00 bits per heavy atom. The van der Waals surface area contributed by atoms with E-state index >= 15 is 0 Å². The van der Waals surface area contributed by atoms with Crippen LogP contribution in [0.2, 0.25) is 5.02 Å². The van der Waals surface area contributed by atoms with Gasteiger partial charge in [-0.15, -0.1) is 0 Å². The van der Waals surface area contributed by atoms with Crippen LogP contribution in [0.5, 0.6) is 11.5 Å². The summed E-state index contributed by atoms with van der Waals surface area (Å²) >= 11 is 6.59. The molecular weight excluding hydrogens is 436 g/mol. The summed E-state index contributed by atoms with van der Waals surface area (Å²) in [5.41, 5.74) is 0.375. The number of benzene rings is 1. The highest BCUT2D eigenvalue weighted by Gasteiger charge is 2.27. The summed E-state index contributed by atoms with van der Waals surface area (Å²) in [5, 5.41) is 0.141. The molecule has 0 fully saturated rings. The number of halogens is 1. The van der Waals surface area contributed by atoms with Crippen LogP contribution in [0.25, 0.3) is 0 Å². The topological polar surface area (TPSA) is 80.3 Å². The first kappa shape index (κ1) is 25.9. The molecule has 2 rings (SSSR count). The maximum atomic E-state index is 13.1. The molecule has 1 heterocycles. The monoisotopic (exact) mass is 466 g/mol. The molecule has 1 atom stereocenters. The normalized spacial score (nSPS) is 19.4. The molecule has 1 aliphatic heterocycles. The Balaban J connectivity index is 2.55. The van der Waals surface area contributed by atoms with E-state index in [9.17, 15) is 9.59 Å². The summed E-state index contributed by atoms with van der Waals surface area (Å²) in [4.78, 5) is 25.8. The zero-order valence-electron chi connectivity index (χ0n) is 18.9. The number of hydrogen-bond acceptors (Lipinski definition) is 7. The van der Waals surface area contributed by atoms with E-state index in [4.69, 9.17) is 35.3 Å². The van der Waals surface area contributed by atoms with Gasteiger partial charge >= 0.3 is 5.97 Å². The van der Waals surface area contributed by atoms with Crippen molar-refractivity contribution in [3.8, 4) is 11.5 Å². The average Bonchev–Trinajstić information content (AvgIpc) is 2.75. The SMILES string of the molecule is CCOCOc1cc(OCOCC)c2c(c1Cl)CC(=O)/C=C\CC/C=C\CC(C)OC2=O. The van der Waals surface area contributed by atoms with Crippen molar-refractivity contribution < 1.29 is 33.3 Å². The van der Waals surface area contributed by atoms with Gasteiger partial charge < -0.3 is 23.7 Å². The van der Waals surface area contributed by atoms with Crippen molar-refractivity contribution in [2.24, 2.45) is 0 Å². The number of ketones is 1. The van der Waals surface area contributed by atoms with E-state index in [1.54, 1.807) is 6.92 Å². The lowest BCUT2D eigenvalue weighted by Gasteiger charge is -2.20. The fourth-order valence-corrected chi connectivity index (χ4v) is 3.25. The second kappa shape index (κ2) is 13.9. The van der Waals surface area contributed by atoms with E-state index in [0.29, 0.717) is 19.6 Å². The Labute approximate surface area is 194 Å². The van der Waals surface area contributed by atoms with E-state index in [-0.39, 0.29) is 59.5 Å². The molecule has 1 aliphatic rings. The van der Waals surface area contributed by atoms with Gasteiger partial charge in [0.2, 0.25) is 0 Å². The molecule has 0 saturated heterocycles. The lowest BCUT2D eigenvalue weighted by molar-refractivity contribution is -0.114. The second-order valence-corrected chi connectivity index (χ2v) is 7.47. The smallest absolute Gasteiger partial charge is 0.342 e. The van der Waals surface area contributed by atoms with Gasteiger partial charge in [-0.2, -0.15) is 0 Å². The van der Waals surface area contributed by atoms with Crippen LogP contribution in [0.4, 0.5) is 0 Å². The molecule has 0 N–H and O–H groups in total. The molecule has 0 saturated carbocycles. The lowest BCUT2D eigenvalue weighted by atomic mass is 9.99. The van der Waals surface area contributed by atoms with Crippen LogP contribution in [0, 0.1) is 0 Å². The molecule has 0 amide bonds. The summed E-state index contributed by atoms with van der Waals surface area (Å²) in [6, 6.07) is 1.49. The van der Waals surface area contributed by atoms with E-state index in [0.717, 1.165) is 12.8 Å². The Kier molecular flexibility index (Phi) is 11.3. The van der Waals surface area contributed by atoms with Crippen molar-refractivity contribution in [1.82, 2.24) is 0 Å². The molecule has 176 valence electrons. The van der Waals surface area contributed by atoms with Crippen LogP contribution >= 0.6 is 11.6 Å². The molecule has 0 radical (unpaired) electrons. The standard InChI is InChI=1S/C24H31ClO7/c1-4-28-15-30-20-14-21(31-16-29-5-2)23(25)19-13-18(26)12-10-8-6-7-9-11-17(3)32-24(27)22(19)20/h7,9-10,12,14,17H,4-6,8,11,13,15-16H2,1-3H3/b9-7-,12-10-. The third-order valence-electron chi connectivity index (χ3n) is 4.60. The lowest BCUT2D eigenvalue weighted by Crippen LogP contribution is -2.19. The highest BCUT2D eigenvalue weighted by Crippen LogP contribution is 2.39. The summed E-state index contributed by atoms with van der Waals surface area (Å²) in [6.45, 7) is 6.23. The fraction of sp³-hybridized carbons (Fsp3) is 0.500. The van der Waals surface area contributed by atoms with Crippen LogP contribution in [0.3, 0.4) is 0 Å². The van der Waals surface area contributed by atoms with E-state index in [2.05, 4.69) is 0 Å². The van der Waals surface area contributed by atoms with Crippen LogP contribution in [0.15, 0.2) is 30.4 Å². The Morgan fingerprint density at radius 3 is 2.34 bits per heavy atom. The first-order valence-corrected chi connectivity index (χ1v) is 11.2. The molecule has 32 heavy (non-hydrogen) atoms. The molecular formula is C24H31ClO7. The van der Waals surface area contributed by atoms with Crippen molar-refractivity contribution >= 4 is 23.4 Å². The number of cyclic esters (lactones) is 1. The second-order valence-electron chi connectivity index (χ2n) is 7.10. The maximum absolute atomic E-state index is 13.1. The van der Waals surface area contributed by atoms with E-state index in [1.165, 1.54) is 12.1 Å². The zero-order chi connectivity index (χ0) is 23.3. The minimum absolute atomic E-state index is 0.0401. The zero-order valence-corrected chi connectivity index (χ0v) is 19.6. The molecule has 1 unspecified atom stereocenters. The molecule has 0 bridgehead atoms. The first-order chi connectivity index (χ1) is 15.5. The summed E-state index contributed by atoms with van der Waals surface area (Å²) in [6.07, 6.45) is 8.91. The number of carbonyl (C=O) groups is 2. The van der Waals surface area contributed by atoms with Crippen LogP contribution in [-0.4, -0.2) is 44.7 Å². The molecule has 0 aromatic heterocycles. The summed E-state index contributed by atoms with van der Waals surface area (Å²) < 4.78 is 27.5. The highest BCUT2D eigenvalue weighted by molar-refractivity contribution is 6.33. The van der Waals surface area contributed by atoms with Gasteiger partial charge in [-0.1, -0.05) is 29.8 Å². The predicted octanol–water partition coefficient (Wildman–Crippen LogP) is 5.04. The highest BCUT2D eigenvalue weighted by atomic mass is 35.5. The molecule has 8 heteroatoms. The number of allylic oxidation sites excluding steroid dienone is 3. The van der Waals surface area contributed by atoms with Gasteiger partial charge in [-0.25, -0.2) is 4.79 Å². The van der Waals surface area contributed by atoms with Gasteiger partial charge in [0.05, 0.1) is 5.02 Å². The third kappa shape index (κ3) is 7.97. The molecule has 0 aliphatic carbocycles. The van der Waals surface area contributed by atoms with Crippen molar-refractivity contribution in [1.29, 1.82) is 0 Å². The maximum Gasteiger partial charge on any atom is 0.342 e. The van der Waals surface area contributed by atoms with E-state index < -0.39 is 5.97 Å². The Morgan fingerprint density at radius 2 is 1.66 bits per heavy atom. The van der Waals surface area contributed by atoms with E-state index in [1.807, 2.05) is 32.1 Å². The van der Waals surface area contributed by atoms with Gasteiger partial charge in [0.15, 0.2) is 19.4 Å². The number of hydrogen-bond donors (Lipinski definition) is 0. The summed E-state index contributed by atoms with van der Waals surface area (Å²) in [7, 11) is 0. The predicted molar refractivity (Wildman–Crippen MR) is 121 cm³/mol. The minimum atomic E-state index is -0.625. The quantitative estimate of drug-likeness (QED) is 0.230. The molecule has 0 spiro atoms. The Hall–Kier alpha value is -2.35. The number of carbonyl (C=O) groups excluding carboxylic acids is 2. The number of rotatable bonds is 8. The van der Waals surface area contributed by atoms with Crippen molar-refractivity contribution in [3.63, 3.8) is 0 Å². The summed E-state index contributed by atoms with van der Waals surface area (Å²) in [5.74, 6) is -0.416. The third-order valence-corrected chi connectivity index (χ3v) is 5.01. The van der Waals surface area contributed by atoms with Gasteiger partial charge in [0, 0.05) is 37.7 Å².